The standard InChI is InChI=1S/C13H18O2S2/c1-15-8-3-9-17-10-13(14)11-4-6-12(16-2)7-5-11/h4-7H,3,8-10H2,1-2H3. The number of hydrogen-bond acceptors (Lipinski definition) is 4. The number of rotatable bonds is 8. The fraction of sp³-hybridized carbons (Fsp3) is 0.462. The van der Waals surface area contributed by atoms with Crippen LogP contribution in [0.3, 0.4) is 0 Å². The molecule has 2 nitrogen and oxygen atoms in total. The number of carbonyl (C=O) groups excluding carboxylic acids is 1. The monoisotopic (exact) mass is 270 g/mol. The van der Waals surface area contributed by atoms with Gasteiger partial charge in [-0.2, -0.15) is 11.8 Å². The minimum Gasteiger partial charge on any atom is -0.385 e. The Morgan fingerprint density at radius 2 is 2.00 bits per heavy atom. The molecular formula is C13H18O2S2. The molecule has 0 spiro atoms. The molecule has 4 heteroatoms. The van der Waals surface area contributed by atoms with Gasteiger partial charge in [-0.15, -0.1) is 11.8 Å². The zero-order valence-corrected chi connectivity index (χ0v) is 11.9. The Labute approximate surface area is 112 Å². The van der Waals surface area contributed by atoms with Crippen molar-refractivity contribution in [1.82, 2.24) is 0 Å². The molecule has 17 heavy (non-hydrogen) atoms. The van der Waals surface area contributed by atoms with Gasteiger partial charge < -0.3 is 4.74 Å². The number of benzene rings is 1. The predicted molar refractivity (Wildman–Crippen MR) is 76.4 cm³/mol. The van der Waals surface area contributed by atoms with Crippen molar-refractivity contribution in [3.05, 3.63) is 29.8 Å². The van der Waals surface area contributed by atoms with Crippen molar-refractivity contribution in [2.45, 2.75) is 11.3 Å². The van der Waals surface area contributed by atoms with E-state index in [0.29, 0.717) is 5.75 Å². The third kappa shape index (κ3) is 5.61. The molecule has 0 atom stereocenters. The predicted octanol–water partition coefficient (Wildman–Crippen LogP) is 3.36. The number of ether oxygens (including phenoxy) is 1. The summed E-state index contributed by atoms with van der Waals surface area (Å²) in [5.74, 6) is 1.74. The maximum Gasteiger partial charge on any atom is 0.172 e. The highest BCUT2D eigenvalue weighted by atomic mass is 32.2. The number of ketones is 1. The molecule has 0 aliphatic carbocycles. The van der Waals surface area contributed by atoms with Crippen LogP contribution < -0.4 is 0 Å². The van der Waals surface area contributed by atoms with E-state index < -0.39 is 0 Å². The van der Waals surface area contributed by atoms with E-state index in [1.807, 2.05) is 30.5 Å². The summed E-state index contributed by atoms with van der Waals surface area (Å²) in [6, 6.07) is 7.80. The second-order valence-electron chi connectivity index (χ2n) is 3.55. The van der Waals surface area contributed by atoms with Gasteiger partial charge in [-0.25, -0.2) is 0 Å². The number of Topliss-reactive ketones (excluding diaryl/α,β-unsaturated/α-hetero) is 1. The van der Waals surface area contributed by atoms with Crippen molar-refractivity contribution >= 4 is 29.3 Å². The van der Waals surface area contributed by atoms with Crippen LogP contribution in [0, 0.1) is 0 Å². The summed E-state index contributed by atoms with van der Waals surface area (Å²) < 4.78 is 4.96. The highest BCUT2D eigenvalue weighted by molar-refractivity contribution is 8.00. The van der Waals surface area contributed by atoms with E-state index >= 15 is 0 Å². The summed E-state index contributed by atoms with van der Waals surface area (Å²) in [6.07, 6.45) is 3.03. The third-order valence-corrected chi connectivity index (χ3v) is 4.07. The van der Waals surface area contributed by atoms with Crippen LogP contribution in [0.2, 0.25) is 0 Å². The smallest absolute Gasteiger partial charge is 0.172 e. The van der Waals surface area contributed by atoms with Gasteiger partial charge in [0.25, 0.3) is 0 Å². The van der Waals surface area contributed by atoms with E-state index in [4.69, 9.17) is 4.74 Å². The quantitative estimate of drug-likeness (QED) is 0.411. The first-order valence-electron chi connectivity index (χ1n) is 5.52. The summed E-state index contributed by atoms with van der Waals surface area (Å²) in [7, 11) is 1.70. The molecule has 0 heterocycles. The Bertz CT molecular complexity index is 336. The molecule has 0 bridgehead atoms. The van der Waals surface area contributed by atoms with E-state index in [9.17, 15) is 4.79 Å². The number of thioether (sulfide) groups is 2. The molecule has 0 saturated carbocycles. The van der Waals surface area contributed by atoms with Gasteiger partial charge in [0.15, 0.2) is 5.78 Å². The molecule has 0 amide bonds. The van der Waals surface area contributed by atoms with Crippen molar-refractivity contribution in [2.75, 3.05) is 31.5 Å². The minimum absolute atomic E-state index is 0.208. The van der Waals surface area contributed by atoms with Gasteiger partial charge >= 0.3 is 0 Å². The lowest BCUT2D eigenvalue weighted by Crippen LogP contribution is -2.03. The Hall–Kier alpha value is -0.450. The number of methoxy groups -OCH3 is 1. The molecule has 0 aromatic heterocycles. The molecule has 0 aliphatic heterocycles. The Balaban J connectivity index is 2.31. The lowest BCUT2D eigenvalue weighted by Gasteiger charge is -2.02. The molecular weight excluding hydrogens is 252 g/mol. The van der Waals surface area contributed by atoms with Gasteiger partial charge in [-0.3, -0.25) is 4.79 Å². The van der Waals surface area contributed by atoms with Crippen LogP contribution in [0.4, 0.5) is 0 Å². The van der Waals surface area contributed by atoms with E-state index in [2.05, 4.69) is 0 Å². The number of carbonyl (C=O) groups is 1. The molecule has 1 aromatic carbocycles. The van der Waals surface area contributed by atoms with Gasteiger partial charge in [0, 0.05) is 24.2 Å². The highest BCUT2D eigenvalue weighted by Gasteiger charge is 2.05. The summed E-state index contributed by atoms with van der Waals surface area (Å²) >= 11 is 3.36. The molecule has 1 rings (SSSR count). The zero-order chi connectivity index (χ0) is 12.5. The van der Waals surface area contributed by atoms with Gasteiger partial charge in [-0.1, -0.05) is 12.1 Å². The molecule has 1 aromatic rings. The van der Waals surface area contributed by atoms with Crippen molar-refractivity contribution in [3.63, 3.8) is 0 Å². The Morgan fingerprint density at radius 1 is 1.29 bits per heavy atom. The summed E-state index contributed by atoms with van der Waals surface area (Å²) in [5, 5.41) is 0. The Morgan fingerprint density at radius 3 is 2.59 bits per heavy atom. The molecule has 0 unspecified atom stereocenters. The van der Waals surface area contributed by atoms with Crippen LogP contribution in [0.1, 0.15) is 16.8 Å². The molecule has 0 N–H and O–H groups in total. The number of hydrogen-bond donors (Lipinski definition) is 0. The molecule has 94 valence electrons. The van der Waals surface area contributed by atoms with Crippen LogP contribution in [-0.4, -0.2) is 37.3 Å². The fourth-order valence-corrected chi connectivity index (χ4v) is 2.56. The first-order valence-corrected chi connectivity index (χ1v) is 7.90. The molecule has 0 aliphatic rings. The average Bonchev–Trinajstić information content (AvgIpc) is 2.38. The first-order chi connectivity index (χ1) is 8.27. The lowest BCUT2D eigenvalue weighted by molar-refractivity contribution is 0.102. The van der Waals surface area contributed by atoms with Gasteiger partial charge in [0.05, 0.1) is 5.75 Å². The molecule has 0 radical (unpaired) electrons. The normalized spacial score (nSPS) is 10.5. The largest absolute Gasteiger partial charge is 0.385 e. The van der Waals surface area contributed by atoms with E-state index in [1.165, 1.54) is 4.90 Å². The van der Waals surface area contributed by atoms with Gasteiger partial charge in [0.2, 0.25) is 0 Å². The highest BCUT2D eigenvalue weighted by Crippen LogP contribution is 2.16. The maximum absolute atomic E-state index is 11.8. The van der Waals surface area contributed by atoms with Crippen molar-refractivity contribution in [3.8, 4) is 0 Å². The fourth-order valence-electron chi connectivity index (χ4n) is 1.33. The summed E-state index contributed by atoms with van der Waals surface area (Å²) in [4.78, 5) is 13.0. The first kappa shape index (κ1) is 14.6. The van der Waals surface area contributed by atoms with E-state index in [0.717, 1.165) is 24.3 Å². The second-order valence-corrected chi connectivity index (χ2v) is 5.54. The van der Waals surface area contributed by atoms with E-state index in [-0.39, 0.29) is 5.78 Å². The average molecular weight is 270 g/mol. The van der Waals surface area contributed by atoms with Crippen LogP contribution in [-0.2, 0) is 4.74 Å². The van der Waals surface area contributed by atoms with E-state index in [1.54, 1.807) is 30.6 Å². The molecule has 0 fully saturated rings. The summed E-state index contributed by atoms with van der Waals surface area (Å²) in [6.45, 7) is 0.767. The second kappa shape index (κ2) is 8.61. The minimum atomic E-state index is 0.208. The van der Waals surface area contributed by atoms with Crippen molar-refractivity contribution in [2.24, 2.45) is 0 Å². The molecule has 0 saturated heterocycles. The van der Waals surface area contributed by atoms with Crippen LogP contribution in [0.15, 0.2) is 29.2 Å². The maximum atomic E-state index is 11.8. The summed E-state index contributed by atoms with van der Waals surface area (Å²) in [5.41, 5.74) is 0.807. The van der Waals surface area contributed by atoms with Crippen LogP contribution in [0.25, 0.3) is 0 Å². The van der Waals surface area contributed by atoms with Gasteiger partial charge in [0.1, 0.15) is 0 Å². The Kier molecular flexibility index (Phi) is 7.40. The van der Waals surface area contributed by atoms with Gasteiger partial charge in [-0.05, 0) is 30.6 Å². The lowest BCUT2D eigenvalue weighted by atomic mass is 10.1. The zero-order valence-electron chi connectivity index (χ0n) is 10.3. The van der Waals surface area contributed by atoms with Crippen molar-refractivity contribution < 1.29 is 9.53 Å². The topological polar surface area (TPSA) is 26.3 Å². The third-order valence-electron chi connectivity index (χ3n) is 2.28. The van der Waals surface area contributed by atoms with Crippen molar-refractivity contribution in [1.29, 1.82) is 0 Å². The SMILES string of the molecule is COCCCSCC(=O)c1ccc(SC)cc1. The van der Waals surface area contributed by atoms with Crippen LogP contribution >= 0.6 is 23.5 Å². The van der Waals surface area contributed by atoms with Crippen LogP contribution in [0.5, 0.6) is 0 Å².